The van der Waals surface area contributed by atoms with Gasteiger partial charge in [0.25, 0.3) is 0 Å². The smallest absolute Gasteiger partial charge is 0.164 e. The Bertz CT molecular complexity index is 2870. The zero-order valence-electron chi connectivity index (χ0n) is 26.7. The molecule has 0 atom stereocenters. The summed E-state index contributed by atoms with van der Waals surface area (Å²) in [6.07, 6.45) is 0. The molecule has 50 heavy (non-hydrogen) atoms. The summed E-state index contributed by atoms with van der Waals surface area (Å²) in [5.74, 6) is 1.86. The first kappa shape index (κ1) is 28.6. The van der Waals surface area contributed by atoms with Crippen LogP contribution in [-0.2, 0) is 0 Å². The van der Waals surface area contributed by atoms with Crippen LogP contribution in [0.1, 0.15) is 0 Å². The molecule has 0 bridgehead atoms. The molecule has 3 heterocycles. The minimum absolute atomic E-state index is 0.600. The van der Waals surface area contributed by atoms with Crippen molar-refractivity contribution in [3.05, 3.63) is 164 Å². The van der Waals surface area contributed by atoms with Crippen LogP contribution >= 0.6 is 11.3 Å². The SMILES string of the molecule is c1ccc(-c2cccc(-c3ccc(-c4nc(-c5ccc6c(c5)oc5ccccc56)nc(-c5cccc6sc7ccccc7c56)n4)cc3)c2)cc1. The molecule has 10 rings (SSSR count). The zero-order valence-corrected chi connectivity index (χ0v) is 27.6. The number of benzene rings is 7. The van der Waals surface area contributed by atoms with Crippen LogP contribution in [0, 0.1) is 0 Å². The maximum absolute atomic E-state index is 6.26. The Hall–Kier alpha value is -6.43. The van der Waals surface area contributed by atoms with Crippen LogP contribution in [0.15, 0.2) is 168 Å². The Morgan fingerprint density at radius 1 is 0.360 bits per heavy atom. The van der Waals surface area contributed by atoms with Gasteiger partial charge < -0.3 is 4.42 Å². The summed E-state index contributed by atoms with van der Waals surface area (Å²) in [5, 5.41) is 4.53. The third-order valence-corrected chi connectivity index (χ3v) is 10.5. The van der Waals surface area contributed by atoms with Crippen molar-refractivity contribution in [1.29, 1.82) is 0 Å². The molecule has 10 aromatic rings. The molecule has 0 spiro atoms. The molecule has 4 nitrogen and oxygen atoms in total. The van der Waals surface area contributed by atoms with Crippen molar-refractivity contribution in [3.8, 4) is 56.4 Å². The van der Waals surface area contributed by atoms with Crippen LogP contribution in [0.5, 0.6) is 0 Å². The van der Waals surface area contributed by atoms with Crippen LogP contribution in [0.2, 0.25) is 0 Å². The number of rotatable bonds is 5. The summed E-state index contributed by atoms with van der Waals surface area (Å²) < 4.78 is 8.71. The van der Waals surface area contributed by atoms with E-state index >= 15 is 0 Å². The molecule has 0 N–H and O–H groups in total. The number of para-hydroxylation sites is 1. The monoisotopic (exact) mass is 657 g/mol. The van der Waals surface area contributed by atoms with Gasteiger partial charge in [-0.05, 0) is 58.7 Å². The quantitative estimate of drug-likeness (QED) is 0.185. The van der Waals surface area contributed by atoms with Crippen molar-refractivity contribution >= 4 is 53.4 Å². The van der Waals surface area contributed by atoms with E-state index in [1.807, 2.05) is 30.3 Å². The maximum Gasteiger partial charge on any atom is 0.164 e. The van der Waals surface area contributed by atoms with Crippen molar-refractivity contribution in [2.24, 2.45) is 0 Å². The molecule has 0 radical (unpaired) electrons. The molecule has 0 amide bonds. The lowest BCUT2D eigenvalue weighted by molar-refractivity contribution is 0.669. The molecule has 3 aromatic heterocycles. The van der Waals surface area contributed by atoms with Gasteiger partial charge in [-0.1, -0.05) is 127 Å². The van der Waals surface area contributed by atoms with E-state index in [1.165, 1.54) is 25.9 Å². The van der Waals surface area contributed by atoms with Gasteiger partial charge in [-0.25, -0.2) is 15.0 Å². The largest absolute Gasteiger partial charge is 0.456 e. The first-order valence-electron chi connectivity index (χ1n) is 16.6. The second-order valence-electron chi connectivity index (χ2n) is 12.4. The fourth-order valence-corrected chi connectivity index (χ4v) is 8.03. The van der Waals surface area contributed by atoms with E-state index in [2.05, 4.69) is 133 Å². The number of hydrogen-bond donors (Lipinski definition) is 0. The van der Waals surface area contributed by atoms with Crippen molar-refractivity contribution in [2.75, 3.05) is 0 Å². The normalized spacial score (nSPS) is 11.6. The highest BCUT2D eigenvalue weighted by Crippen LogP contribution is 2.40. The lowest BCUT2D eigenvalue weighted by Gasteiger charge is -2.10. The van der Waals surface area contributed by atoms with Crippen molar-refractivity contribution in [1.82, 2.24) is 15.0 Å². The minimum Gasteiger partial charge on any atom is -0.456 e. The van der Waals surface area contributed by atoms with Crippen molar-refractivity contribution in [3.63, 3.8) is 0 Å². The van der Waals surface area contributed by atoms with Crippen molar-refractivity contribution in [2.45, 2.75) is 0 Å². The molecule has 0 aliphatic rings. The average Bonchev–Trinajstić information content (AvgIpc) is 3.76. The second kappa shape index (κ2) is 11.6. The van der Waals surface area contributed by atoms with Gasteiger partial charge in [-0.15, -0.1) is 11.3 Å². The van der Waals surface area contributed by atoms with E-state index in [0.717, 1.165) is 55.1 Å². The van der Waals surface area contributed by atoms with E-state index in [1.54, 1.807) is 11.3 Å². The van der Waals surface area contributed by atoms with E-state index in [0.29, 0.717) is 17.5 Å². The van der Waals surface area contributed by atoms with E-state index in [9.17, 15) is 0 Å². The van der Waals surface area contributed by atoms with E-state index in [4.69, 9.17) is 19.4 Å². The minimum atomic E-state index is 0.600. The summed E-state index contributed by atoms with van der Waals surface area (Å²) in [6.45, 7) is 0. The predicted molar refractivity (Wildman–Crippen MR) is 207 cm³/mol. The van der Waals surface area contributed by atoms with Crippen LogP contribution in [0.3, 0.4) is 0 Å². The molecule has 0 unspecified atom stereocenters. The Morgan fingerprint density at radius 3 is 1.78 bits per heavy atom. The van der Waals surface area contributed by atoms with Gasteiger partial charge in [0.1, 0.15) is 11.2 Å². The topological polar surface area (TPSA) is 51.8 Å². The molecular weight excluding hydrogens is 631 g/mol. The van der Waals surface area contributed by atoms with E-state index < -0.39 is 0 Å². The maximum atomic E-state index is 6.26. The van der Waals surface area contributed by atoms with Gasteiger partial charge in [-0.3, -0.25) is 0 Å². The first-order valence-corrected chi connectivity index (χ1v) is 17.4. The summed E-state index contributed by atoms with van der Waals surface area (Å²) >= 11 is 1.79. The molecule has 7 aromatic carbocycles. The zero-order chi connectivity index (χ0) is 33.0. The van der Waals surface area contributed by atoms with Crippen LogP contribution in [0.4, 0.5) is 0 Å². The third kappa shape index (κ3) is 4.87. The predicted octanol–water partition coefficient (Wildman–Crippen LogP) is 12.5. The number of thiophene rings is 1. The molecule has 0 aliphatic carbocycles. The fourth-order valence-electron chi connectivity index (χ4n) is 6.90. The molecule has 0 saturated heterocycles. The van der Waals surface area contributed by atoms with Crippen LogP contribution in [0.25, 0.3) is 98.5 Å². The van der Waals surface area contributed by atoms with Gasteiger partial charge in [0, 0.05) is 47.6 Å². The molecule has 0 saturated carbocycles. The standard InChI is InChI=1S/C45H27N3OS/c1-2-10-28(11-3-1)31-12-8-13-32(26-31)29-20-22-30(23-21-29)43-46-44(33-24-25-35-34-14-4-6-17-38(34)49-39(35)27-33)48-45(47-43)37-16-9-19-41-42(37)36-15-5-7-18-40(36)50-41/h1-27H. The van der Waals surface area contributed by atoms with Gasteiger partial charge in [-0.2, -0.15) is 0 Å². The number of furan rings is 1. The Balaban J connectivity index is 1.12. The average molecular weight is 658 g/mol. The highest BCUT2D eigenvalue weighted by atomic mass is 32.1. The Morgan fingerprint density at radius 2 is 0.940 bits per heavy atom. The molecule has 234 valence electrons. The first-order chi connectivity index (χ1) is 24.7. The van der Waals surface area contributed by atoms with Gasteiger partial charge in [0.2, 0.25) is 0 Å². The summed E-state index contributed by atoms with van der Waals surface area (Å²) in [4.78, 5) is 15.4. The summed E-state index contributed by atoms with van der Waals surface area (Å²) in [7, 11) is 0. The lowest BCUT2D eigenvalue weighted by atomic mass is 9.98. The number of hydrogen-bond acceptors (Lipinski definition) is 5. The number of fused-ring (bicyclic) bond motifs is 6. The van der Waals surface area contributed by atoms with Crippen LogP contribution < -0.4 is 0 Å². The Kier molecular flexibility index (Phi) is 6.64. The number of nitrogens with zero attached hydrogens (tertiary/aromatic N) is 3. The van der Waals surface area contributed by atoms with E-state index in [-0.39, 0.29) is 0 Å². The van der Waals surface area contributed by atoms with Gasteiger partial charge in [0.05, 0.1) is 0 Å². The summed E-state index contributed by atoms with van der Waals surface area (Å²) in [5.41, 5.74) is 9.13. The second-order valence-corrected chi connectivity index (χ2v) is 13.5. The number of aromatic nitrogens is 3. The Labute approximate surface area is 292 Å². The fraction of sp³-hybridized carbons (Fsp3) is 0. The molecule has 5 heteroatoms. The molecule has 0 aliphatic heterocycles. The highest BCUT2D eigenvalue weighted by Gasteiger charge is 2.18. The van der Waals surface area contributed by atoms with Crippen molar-refractivity contribution < 1.29 is 4.42 Å². The molecular formula is C45H27N3OS. The highest BCUT2D eigenvalue weighted by molar-refractivity contribution is 7.25. The van der Waals surface area contributed by atoms with Gasteiger partial charge in [0.15, 0.2) is 17.5 Å². The third-order valence-electron chi connectivity index (χ3n) is 9.36. The summed E-state index contributed by atoms with van der Waals surface area (Å²) in [6, 6.07) is 56.9. The van der Waals surface area contributed by atoms with Gasteiger partial charge >= 0.3 is 0 Å². The molecule has 0 fully saturated rings. The van der Waals surface area contributed by atoms with Crippen LogP contribution in [-0.4, -0.2) is 15.0 Å². The lowest BCUT2D eigenvalue weighted by Crippen LogP contribution is -2.00.